The number of carbonyl (C=O) groups is 1. The zero-order valence-corrected chi connectivity index (χ0v) is 14.1. The average Bonchev–Trinajstić information content (AvgIpc) is 2.61. The summed E-state index contributed by atoms with van der Waals surface area (Å²) in [6.45, 7) is 3.91. The van der Waals surface area contributed by atoms with Gasteiger partial charge in [0.1, 0.15) is 18.0 Å². The van der Waals surface area contributed by atoms with Crippen molar-refractivity contribution in [2.75, 3.05) is 36.4 Å². The van der Waals surface area contributed by atoms with Crippen molar-refractivity contribution in [3.05, 3.63) is 42.2 Å². The van der Waals surface area contributed by atoms with Crippen molar-refractivity contribution in [3.8, 4) is 0 Å². The molecule has 0 saturated carbocycles. The van der Waals surface area contributed by atoms with Crippen LogP contribution in [0.25, 0.3) is 0 Å². The average molecular weight is 365 g/mol. The molecule has 1 saturated heterocycles. The van der Waals surface area contributed by atoms with E-state index in [4.69, 9.17) is 0 Å². The number of nitrogens with zero attached hydrogens (tertiary/aromatic N) is 4. The summed E-state index contributed by atoms with van der Waals surface area (Å²) < 4.78 is 39.3. The number of benzene rings is 1. The molecule has 2 heterocycles. The molecule has 0 radical (unpaired) electrons. The van der Waals surface area contributed by atoms with E-state index in [2.05, 4.69) is 15.3 Å². The summed E-state index contributed by atoms with van der Waals surface area (Å²) in [5, 5.41) is 2.72. The first-order valence-electron chi connectivity index (χ1n) is 8.10. The van der Waals surface area contributed by atoms with Crippen molar-refractivity contribution in [2.24, 2.45) is 0 Å². The van der Waals surface area contributed by atoms with Gasteiger partial charge in [0.25, 0.3) is 0 Å². The van der Waals surface area contributed by atoms with Crippen LogP contribution in [-0.4, -0.2) is 47.0 Å². The third-order valence-corrected chi connectivity index (χ3v) is 4.20. The van der Waals surface area contributed by atoms with Crippen LogP contribution in [-0.2, 0) is 11.0 Å². The fraction of sp³-hybridized carbons (Fsp3) is 0.353. The molecular formula is C17H18F3N5O. The number of para-hydroxylation sites is 1. The second kappa shape index (κ2) is 7.19. The van der Waals surface area contributed by atoms with Crippen molar-refractivity contribution < 1.29 is 18.0 Å². The minimum Gasteiger partial charge on any atom is -0.353 e. The lowest BCUT2D eigenvalue weighted by Crippen LogP contribution is -2.48. The highest BCUT2D eigenvalue weighted by atomic mass is 19.4. The SMILES string of the molecule is CC(=O)N1CCN(c2cc(Nc3ccccc3C(F)(F)F)ncn2)CC1. The van der Waals surface area contributed by atoms with Gasteiger partial charge in [0.15, 0.2) is 0 Å². The predicted molar refractivity (Wildman–Crippen MR) is 91.2 cm³/mol. The van der Waals surface area contributed by atoms with Crippen LogP contribution in [0.5, 0.6) is 0 Å². The minimum atomic E-state index is -4.46. The van der Waals surface area contributed by atoms with Gasteiger partial charge in [-0.15, -0.1) is 0 Å². The molecule has 0 bridgehead atoms. The molecule has 6 nitrogen and oxygen atoms in total. The highest BCUT2D eigenvalue weighted by Crippen LogP contribution is 2.35. The summed E-state index contributed by atoms with van der Waals surface area (Å²) in [5.41, 5.74) is -0.818. The van der Waals surface area contributed by atoms with Gasteiger partial charge in [0, 0.05) is 39.2 Å². The Labute approximate surface area is 148 Å². The van der Waals surface area contributed by atoms with E-state index in [0.717, 1.165) is 6.07 Å². The largest absolute Gasteiger partial charge is 0.418 e. The number of halogens is 3. The van der Waals surface area contributed by atoms with Crippen LogP contribution < -0.4 is 10.2 Å². The first kappa shape index (κ1) is 18.0. The molecular weight excluding hydrogens is 347 g/mol. The summed E-state index contributed by atoms with van der Waals surface area (Å²) in [4.78, 5) is 23.3. The van der Waals surface area contributed by atoms with Crippen LogP contribution in [0.15, 0.2) is 36.7 Å². The van der Waals surface area contributed by atoms with Gasteiger partial charge in [-0.3, -0.25) is 4.79 Å². The summed E-state index contributed by atoms with van der Waals surface area (Å²) >= 11 is 0. The Balaban J connectivity index is 1.76. The number of hydrogen-bond donors (Lipinski definition) is 1. The van der Waals surface area contributed by atoms with E-state index >= 15 is 0 Å². The number of aromatic nitrogens is 2. The monoisotopic (exact) mass is 365 g/mol. The Kier molecular flexibility index (Phi) is 4.97. The van der Waals surface area contributed by atoms with E-state index in [-0.39, 0.29) is 17.4 Å². The van der Waals surface area contributed by atoms with Gasteiger partial charge in [0.2, 0.25) is 5.91 Å². The summed E-state index contributed by atoms with van der Waals surface area (Å²) in [7, 11) is 0. The molecule has 1 N–H and O–H groups in total. The number of nitrogens with one attached hydrogen (secondary N) is 1. The highest BCUT2D eigenvalue weighted by Gasteiger charge is 2.33. The molecule has 1 fully saturated rings. The lowest BCUT2D eigenvalue weighted by atomic mass is 10.1. The van der Waals surface area contributed by atoms with Gasteiger partial charge in [-0.1, -0.05) is 12.1 Å². The van der Waals surface area contributed by atoms with Crippen molar-refractivity contribution in [1.82, 2.24) is 14.9 Å². The van der Waals surface area contributed by atoms with Gasteiger partial charge in [0.05, 0.1) is 11.3 Å². The zero-order valence-electron chi connectivity index (χ0n) is 14.1. The number of anilines is 3. The number of hydrogen-bond acceptors (Lipinski definition) is 5. The van der Waals surface area contributed by atoms with Crippen LogP contribution in [0, 0.1) is 0 Å². The second-order valence-electron chi connectivity index (χ2n) is 5.92. The number of rotatable bonds is 3. The molecule has 26 heavy (non-hydrogen) atoms. The lowest BCUT2D eigenvalue weighted by Gasteiger charge is -2.34. The van der Waals surface area contributed by atoms with Crippen molar-refractivity contribution in [2.45, 2.75) is 13.1 Å². The highest BCUT2D eigenvalue weighted by molar-refractivity contribution is 5.73. The Hall–Kier alpha value is -2.84. The van der Waals surface area contributed by atoms with Crippen molar-refractivity contribution in [1.29, 1.82) is 0 Å². The Bertz CT molecular complexity index is 788. The molecule has 9 heteroatoms. The van der Waals surface area contributed by atoms with Gasteiger partial charge in [-0.05, 0) is 12.1 Å². The molecule has 3 rings (SSSR count). The van der Waals surface area contributed by atoms with Gasteiger partial charge in [-0.2, -0.15) is 13.2 Å². The number of carbonyl (C=O) groups excluding carboxylic acids is 1. The lowest BCUT2D eigenvalue weighted by molar-refractivity contribution is -0.137. The minimum absolute atomic E-state index is 0.0263. The third kappa shape index (κ3) is 4.04. The predicted octanol–water partition coefficient (Wildman–Crippen LogP) is 2.91. The van der Waals surface area contributed by atoms with E-state index in [9.17, 15) is 18.0 Å². The number of piperazine rings is 1. The Morgan fingerprint density at radius 3 is 2.46 bits per heavy atom. The maximum Gasteiger partial charge on any atom is 0.418 e. The summed E-state index contributed by atoms with van der Waals surface area (Å²) in [6.07, 6.45) is -3.15. The smallest absolute Gasteiger partial charge is 0.353 e. The molecule has 1 amide bonds. The molecule has 1 aliphatic heterocycles. The second-order valence-corrected chi connectivity index (χ2v) is 5.92. The summed E-state index contributed by atoms with van der Waals surface area (Å²) in [5.74, 6) is 0.911. The van der Waals surface area contributed by atoms with Crippen LogP contribution >= 0.6 is 0 Å². The van der Waals surface area contributed by atoms with E-state index in [1.165, 1.54) is 31.5 Å². The fourth-order valence-corrected chi connectivity index (χ4v) is 2.82. The van der Waals surface area contributed by atoms with E-state index in [1.54, 1.807) is 11.0 Å². The molecule has 0 atom stereocenters. The van der Waals surface area contributed by atoms with Crippen LogP contribution in [0.4, 0.5) is 30.5 Å². The Morgan fingerprint density at radius 1 is 1.12 bits per heavy atom. The van der Waals surface area contributed by atoms with Crippen LogP contribution in [0.3, 0.4) is 0 Å². The fourth-order valence-electron chi connectivity index (χ4n) is 2.82. The molecule has 2 aromatic rings. The molecule has 1 aromatic heterocycles. The maximum atomic E-state index is 13.1. The molecule has 1 aromatic carbocycles. The van der Waals surface area contributed by atoms with Crippen LogP contribution in [0.1, 0.15) is 12.5 Å². The number of alkyl halides is 3. The normalized spacial score (nSPS) is 15.1. The van der Waals surface area contributed by atoms with Crippen LogP contribution in [0.2, 0.25) is 0 Å². The maximum absolute atomic E-state index is 13.1. The molecule has 138 valence electrons. The van der Waals surface area contributed by atoms with Gasteiger partial charge >= 0.3 is 6.18 Å². The van der Waals surface area contributed by atoms with Gasteiger partial charge in [-0.25, -0.2) is 9.97 Å². The molecule has 0 aliphatic carbocycles. The first-order valence-corrected chi connectivity index (χ1v) is 8.10. The molecule has 0 unspecified atom stereocenters. The van der Waals surface area contributed by atoms with Crippen molar-refractivity contribution in [3.63, 3.8) is 0 Å². The molecule has 0 spiro atoms. The summed E-state index contributed by atoms with van der Waals surface area (Å²) in [6, 6.07) is 6.85. The third-order valence-electron chi connectivity index (χ3n) is 4.20. The topological polar surface area (TPSA) is 61.4 Å². The Morgan fingerprint density at radius 2 is 1.81 bits per heavy atom. The zero-order chi connectivity index (χ0) is 18.7. The van der Waals surface area contributed by atoms with E-state index in [0.29, 0.717) is 32.0 Å². The van der Waals surface area contributed by atoms with Crippen molar-refractivity contribution >= 4 is 23.2 Å². The molecule has 1 aliphatic rings. The quantitative estimate of drug-likeness (QED) is 0.906. The standard InChI is InChI=1S/C17H18F3N5O/c1-12(26)24-6-8-25(9-7-24)16-10-15(21-11-22-16)23-14-5-3-2-4-13(14)17(18,19)20/h2-5,10-11H,6-9H2,1H3,(H,21,22,23). The first-order chi connectivity index (χ1) is 12.3. The van der Waals surface area contributed by atoms with E-state index in [1.807, 2.05) is 4.90 Å². The van der Waals surface area contributed by atoms with E-state index < -0.39 is 11.7 Å². The number of amides is 1. The van der Waals surface area contributed by atoms with Gasteiger partial charge < -0.3 is 15.1 Å².